The highest BCUT2D eigenvalue weighted by atomic mass is 16.6. The van der Waals surface area contributed by atoms with Crippen LogP contribution < -0.4 is 10.6 Å². The minimum Gasteiger partial charge on any atom is -0.444 e. The molecule has 1 aliphatic carbocycles. The van der Waals surface area contributed by atoms with Crippen molar-refractivity contribution in [2.45, 2.75) is 91.0 Å². The van der Waals surface area contributed by atoms with Gasteiger partial charge in [0.2, 0.25) is 5.91 Å². The molecular formula is C35H43N3O4. The molecule has 0 heterocycles. The summed E-state index contributed by atoms with van der Waals surface area (Å²) in [6, 6.07) is 21.1. The fourth-order valence-electron chi connectivity index (χ4n) is 5.15. The first-order valence-corrected chi connectivity index (χ1v) is 14.7. The largest absolute Gasteiger partial charge is 0.444 e. The Morgan fingerprint density at radius 2 is 1.55 bits per heavy atom. The summed E-state index contributed by atoms with van der Waals surface area (Å²) in [6.07, 6.45) is 2.14. The Hall–Kier alpha value is -4.13. The van der Waals surface area contributed by atoms with Crippen molar-refractivity contribution in [3.8, 4) is 0 Å². The SMILES string of the molecule is Cc1ccc(C(C(=O)Nc2ccccc2C)N(C(=O)C(Cc2ccccc2)NC(=O)OC(C)(C)C)C2CCC2)cc1C. The number of aryl methyl sites for hydroxylation is 3. The molecule has 2 N–H and O–H groups in total. The predicted octanol–water partition coefficient (Wildman–Crippen LogP) is 6.81. The van der Waals surface area contributed by atoms with E-state index >= 15 is 0 Å². The van der Waals surface area contributed by atoms with Gasteiger partial charge in [-0.25, -0.2) is 4.79 Å². The Labute approximate surface area is 249 Å². The molecule has 3 aromatic carbocycles. The molecule has 0 bridgehead atoms. The van der Waals surface area contributed by atoms with Gasteiger partial charge in [0.05, 0.1) is 0 Å². The molecule has 3 aromatic rings. The van der Waals surface area contributed by atoms with Gasteiger partial charge < -0.3 is 20.3 Å². The molecule has 2 unspecified atom stereocenters. The van der Waals surface area contributed by atoms with Crippen LogP contribution >= 0.6 is 0 Å². The number of nitrogens with one attached hydrogen (secondary N) is 2. The van der Waals surface area contributed by atoms with E-state index in [1.807, 2.05) is 93.6 Å². The van der Waals surface area contributed by atoms with Gasteiger partial charge in [0.1, 0.15) is 17.7 Å². The van der Waals surface area contributed by atoms with E-state index in [1.54, 1.807) is 25.7 Å². The molecule has 7 nitrogen and oxygen atoms in total. The molecule has 0 aliphatic heterocycles. The lowest BCUT2D eigenvalue weighted by Gasteiger charge is -2.43. The average Bonchev–Trinajstić information content (AvgIpc) is 2.89. The van der Waals surface area contributed by atoms with E-state index in [9.17, 15) is 14.4 Å². The first-order valence-electron chi connectivity index (χ1n) is 14.7. The number of amides is 3. The van der Waals surface area contributed by atoms with Crippen LogP contribution in [-0.4, -0.2) is 40.5 Å². The monoisotopic (exact) mass is 569 g/mol. The van der Waals surface area contributed by atoms with Gasteiger partial charge in [-0.15, -0.1) is 0 Å². The molecule has 42 heavy (non-hydrogen) atoms. The molecular weight excluding hydrogens is 526 g/mol. The van der Waals surface area contributed by atoms with Crippen LogP contribution in [-0.2, 0) is 20.7 Å². The molecule has 0 spiro atoms. The maximum atomic E-state index is 14.6. The Bertz CT molecular complexity index is 1410. The van der Waals surface area contributed by atoms with E-state index in [1.165, 1.54) is 0 Å². The Morgan fingerprint density at radius 1 is 0.881 bits per heavy atom. The van der Waals surface area contributed by atoms with Crippen molar-refractivity contribution in [2.24, 2.45) is 0 Å². The summed E-state index contributed by atoms with van der Waals surface area (Å²) in [5.41, 5.74) is 4.67. The van der Waals surface area contributed by atoms with Gasteiger partial charge in [-0.05, 0) is 94.7 Å². The molecule has 0 saturated heterocycles. The lowest BCUT2D eigenvalue weighted by atomic mass is 9.87. The zero-order chi connectivity index (χ0) is 30.4. The Morgan fingerprint density at radius 3 is 2.14 bits per heavy atom. The predicted molar refractivity (Wildman–Crippen MR) is 166 cm³/mol. The zero-order valence-electron chi connectivity index (χ0n) is 25.6. The third-order valence-corrected chi connectivity index (χ3v) is 7.77. The van der Waals surface area contributed by atoms with Crippen molar-refractivity contribution in [2.75, 3.05) is 5.32 Å². The molecule has 3 amide bonds. The third kappa shape index (κ3) is 7.78. The quantitative estimate of drug-likeness (QED) is 0.296. The first-order chi connectivity index (χ1) is 19.9. The molecule has 1 saturated carbocycles. The number of hydrogen-bond donors (Lipinski definition) is 2. The van der Waals surface area contributed by atoms with Crippen molar-refractivity contribution in [1.29, 1.82) is 0 Å². The van der Waals surface area contributed by atoms with E-state index in [0.29, 0.717) is 5.69 Å². The summed E-state index contributed by atoms with van der Waals surface area (Å²) in [6.45, 7) is 11.3. The number of ether oxygens (including phenoxy) is 1. The third-order valence-electron chi connectivity index (χ3n) is 7.77. The van der Waals surface area contributed by atoms with Gasteiger partial charge in [0.25, 0.3) is 5.91 Å². The number of rotatable bonds is 9. The van der Waals surface area contributed by atoms with Crippen LogP contribution in [0.15, 0.2) is 72.8 Å². The van der Waals surface area contributed by atoms with Gasteiger partial charge in [0.15, 0.2) is 0 Å². The Kier molecular flexibility index (Phi) is 9.71. The summed E-state index contributed by atoms with van der Waals surface area (Å²) in [4.78, 5) is 43.6. The van der Waals surface area contributed by atoms with E-state index in [0.717, 1.165) is 47.1 Å². The van der Waals surface area contributed by atoms with Crippen LogP contribution in [0.3, 0.4) is 0 Å². The summed E-state index contributed by atoms with van der Waals surface area (Å²) < 4.78 is 5.55. The van der Waals surface area contributed by atoms with Gasteiger partial charge in [-0.3, -0.25) is 9.59 Å². The van der Waals surface area contributed by atoms with Crippen LogP contribution in [0.25, 0.3) is 0 Å². The van der Waals surface area contributed by atoms with E-state index < -0.39 is 23.8 Å². The molecule has 0 aromatic heterocycles. The maximum absolute atomic E-state index is 14.6. The normalized spacial score (nSPS) is 14.7. The summed E-state index contributed by atoms with van der Waals surface area (Å²) in [7, 11) is 0. The van der Waals surface area contributed by atoms with Crippen LogP contribution in [0.4, 0.5) is 10.5 Å². The van der Waals surface area contributed by atoms with Crippen molar-refractivity contribution >= 4 is 23.6 Å². The lowest BCUT2D eigenvalue weighted by Crippen LogP contribution is -2.57. The number of nitrogens with zero attached hydrogens (tertiary/aromatic N) is 1. The standard InChI is InChI=1S/C35H43N3O4/c1-23-19-20-27(21-25(23)3)31(32(39)36-29-18-11-10-13-24(29)2)38(28-16-12-17-28)33(40)30(22-26-14-8-7-9-15-26)37-34(41)42-35(4,5)6/h7-11,13-15,18-21,28,30-31H,12,16-17,22H2,1-6H3,(H,36,39)(H,37,41). The summed E-state index contributed by atoms with van der Waals surface area (Å²) >= 11 is 0. The molecule has 2 atom stereocenters. The van der Waals surface area contributed by atoms with E-state index in [4.69, 9.17) is 4.74 Å². The van der Waals surface area contributed by atoms with Gasteiger partial charge in [-0.1, -0.05) is 66.7 Å². The van der Waals surface area contributed by atoms with E-state index in [-0.39, 0.29) is 24.3 Å². The second-order valence-corrected chi connectivity index (χ2v) is 12.3. The number of alkyl carbamates (subject to hydrolysis) is 1. The zero-order valence-corrected chi connectivity index (χ0v) is 25.6. The maximum Gasteiger partial charge on any atom is 0.408 e. The fourth-order valence-corrected chi connectivity index (χ4v) is 5.15. The first kappa shape index (κ1) is 30.8. The van der Waals surface area contributed by atoms with Gasteiger partial charge in [0, 0.05) is 18.2 Å². The smallest absolute Gasteiger partial charge is 0.408 e. The number of benzene rings is 3. The van der Waals surface area contributed by atoms with Crippen molar-refractivity contribution in [3.05, 3.63) is 101 Å². The van der Waals surface area contributed by atoms with Crippen LogP contribution in [0.5, 0.6) is 0 Å². The minimum atomic E-state index is -0.928. The molecule has 222 valence electrons. The van der Waals surface area contributed by atoms with Gasteiger partial charge >= 0.3 is 6.09 Å². The summed E-state index contributed by atoms with van der Waals surface area (Å²) in [5.74, 6) is -0.596. The fraction of sp³-hybridized carbons (Fsp3) is 0.400. The number of carbonyl (C=O) groups excluding carboxylic acids is 3. The van der Waals surface area contributed by atoms with E-state index in [2.05, 4.69) is 10.6 Å². The molecule has 1 aliphatic rings. The highest BCUT2D eigenvalue weighted by molar-refractivity contribution is 5.99. The topological polar surface area (TPSA) is 87.7 Å². The van der Waals surface area contributed by atoms with Crippen LogP contribution in [0.1, 0.15) is 73.9 Å². The van der Waals surface area contributed by atoms with Crippen LogP contribution in [0.2, 0.25) is 0 Å². The average molecular weight is 570 g/mol. The second-order valence-electron chi connectivity index (χ2n) is 12.3. The number of carbonyl (C=O) groups is 3. The van der Waals surface area contributed by atoms with Crippen LogP contribution in [0, 0.1) is 20.8 Å². The molecule has 4 rings (SSSR count). The van der Waals surface area contributed by atoms with Crippen molar-refractivity contribution < 1.29 is 19.1 Å². The van der Waals surface area contributed by atoms with Crippen molar-refractivity contribution in [3.63, 3.8) is 0 Å². The molecule has 0 radical (unpaired) electrons. The Balaban J connectivity index is 1.77. The van der Waals surface area contributed by atoms with Crippen molar-refractivity contribution in [1.82, 2.24) is 10.2 Å². The van der Waals surface area contributed by atoms with Gasteiger partial charge in [-0.2, -0.15) is 0 Å². The highest BCUT2D eigenvalue weighted by Crippen LogP contribution is 2.35. The number of hydrogen-bond acceptors (Lipinski definition) is 4. The lowest BCUT2D eigenvalue weighted by molar-refractivity contribution is -0.145. The molecule has 1 fully saturated rings. The number of anilines is 1. The minimum absolute atomic E-state index is 0.134. The highest BCUT2D eigenvalue weighted by Gasteiger charge is 2.42. The number of para-hydroxylation sites is 1. The summed E-state index contributed by atoms with van der Waals surface area (Å²) in [5, 5.41) is 5.94. The molecule has 7 heteroatoms. The second kappa shape index (κ2) is 13.2.